The summed E-state index contributed by atoms with van der Waals surface area (Å²) >= 11 is 5.84. The van der Waals surface area contributed by atoms with E-state index in [0.29, 0.717) is 12.3 Å². The van der Waals surface area contributed by atoms with Gasteiger partial charge in [-0.1, -0.05) is 11.6 Å². The predicted molar refractivity (Wildman–Crippen MR) is 81.6 cm³/mol. The zero-order valence-electron chi connectivity index (χ0n) is 13.6. The Morgan fingerprint density at radius 1 is 1.35 bits per heavy atom. The molecule has 2 atom stereocenters. The SMILES string of the molecule is CCOC(=O)C1[C@@H]2C(=O)N(N(C)c3ncc(C(F)(F)F)cc3Cl)C(=O)[C@@H]12. The molecule has 140 valence electrons. The van der Waals surface area contributed by atoms with E-state index in [2.05, 4.69) is 4.98 Å². The molecule has 0 radical (unpaired) electrons. The lowest BCUT2D eigenvalue weighted by molar-refractivity contribution is -0.152. The van der Waals surface area contributed by atoms with Gasteiger partial charge in [-0.15, -0.1) is 0 Å². The number of nitrogens with zero attached hydrogens (tertiary/aromatic N) is 3. The third kappa shape index (κ3) is 2.77. The quantitative estimate of drug-likeness (QED) is 0.576. The third-order valence-corrected chi connectivity index (χ3v) is 4.60. The lowest BCUT2D eigenvalue weighted by Crippen LogP contribution is -2.47. The molecule has 7 nitrogen and oxygen atoms in total. The maximum atomic E-state index is 12.7. The fraction of sp³-hybridized carbons (Fsp3) is 0.467. The molecule has 0 spiro atoms. The molecule has 1 saturated carbocycles. The Hall–Kier alpha value is -2.36. The second-order valence-electron chi connectivity index (χ2n) is 5.87. The first kappa shape index (κ1) is 18.4. The zero-order valence-corrected chi connectivity index (χ0v) is 14.3. The number of carbonyl (C=O) groups is 3. The van der Waals surface area contributed by atoms with E-state index in [4.69, 9.17) is 16.3 Å². The lowest BCUT2D eigenvalue weighted by atomic mass is 10.2. The number of ether oxygens (including phenoxy) is 1. The molecule has 2 amide bonds. The normalized spacial score (nSPS) is 24.5. The molecule has 3 rings (SSSR count). The number of halogens is 4. The van der Waals surface area contributed by atoms with Crippen LogP contribution in [0.5, 0.6) is 0 Å². The number of alkyl halides is 3. The number of fused-ring (bicyclic) bond motifs is 1. The van der Waals surface area contributed by atoms with Crippen LogP contribution in [0.15, 0.2) is 12.3 Å². The molecular formula is C15H13ClF3N3O4. The highest BCUT2D eigenvalue weighted by Crippen LogP contribution is 2.54. The highest BCUT2D eigenvalue weighted by molar-refractivity contribution is 6.33. The summed E-state index contributed by atoms with van der Waals surface area (Å²) in [6.07, 6.45) is -4.06. The lowest BCUT2D eigenvalue weighted by Gasteiger charge is -2.29. The van der Waals surface area contributed by atoms with Crippen molar-refractivity contribution < 1.29 is 32.3 Å². The standard InChI is InChI=1S/C15H13ClF3N3O4/c1-3-26-14(25)10-8-9(10)13(24)22(12(8)23)21(2)11-7(16)4-6(5-20-11)15(17,18)19/h4-5,8-10H,3H2,1-2H3/t8-,9-/m1/s1. The molecule has 11 heteroatoms. The van der Waals surface area contributed by atoms with Gasteiger partial charge in [0.2, 0.25) is 0 Å². The van der Waals surface area contributed by atoms with Crippen LogP contribution in [0.1, 0.15) is 12.5 Å². The van der Waals surface area contributed by atoms with Crippen LogP contribution in [-0.4, -0.2) is 41.4 Å². The van der Waals surface area contributed by atoms with Gasteiger partial charge in [0.25, 0.3) is 11.8 Å². The van der Waals surface area contributed by atoms with Crippen LogP contribution in [0.4, 0.5) is 19.0 Å². The topological polar surface area (TPSA) is 79.8 Å². The van der Waals surface area contributed by atoms with Crippen LogP contribution in [-0.2, 0) is 25.3 Å². The van der Waals surface area contributed by atoms with Gasteiger partial charge in [-0.2, -0.15) is 18.2 Å². The Balaban J connectivity index is 1.80. The number of imide groups is 1. The molecule has 0 unspecified atom stereocenters. The molecular weight excluding hydrogens is 379 g/mol. The van der Waals surface area contributed by atoms with Crippen molar-refractivity contribution in [2.45, 2.75) is 13.1 Å². The summed E-state index contributed by atoms with van der Waals surface area (Å²) < 4.78 is 42.9. The van der Waals surface area contributed by atoms with Gasteiger partial charge >= 0.3 is 12.1 Å². The predicted octanol–water partition coefficient (Wildman–Crippen LogP) is 1.90. The summed E-state index contributed by atoms with van der Waals surface area (Å²) in [7, 11) is 1.28. The molecule has 1 aliphatic carbocycles. The molecule has 2 fully saturated rings. The van der Waals surface area contributed by atoms with Crippen LogP contribution in [0.2, 0.25) is 5.02 Å². The summed E-state index contributed by atoms with van der Waals surface area (Å²) in [5, 5.41) is 1.36. The van der Waals surface area contributed by atoms with Crippen molar-refractivity contribution in [3.05, 3.63) is 22.8 Å². The smallest absolute Gasteiger partial charge is 0.417 e. The van der Waals surface area contributed by atoms with Crippen LogP contribution in [0, 0.1) is 17.8 Å². The van der Waals surface area contributed by atoms with Crippen molar-refractivity contribution >= 4 is 35.2 Å². The van der Waals surface area contributed by atoms with Crippen molar-refractivity contribution in [1.82, 2.24) is 9.99 Å². The van der Waals surface area contributed by atoms with E-state index < -0.39 is 47.3 Å². The summed E-state index contributed by atoms with van der Waals surface area (Å²) in [4.78, 5) is 40.2. The van der Waals surface area contributed by atoms with Gasteiger partial charge in [-0.05, 0) is 13.0 Å². The molecule has 0 bridgehead atoms. The van der Waals surface area contributed by atoms with Gasteiger partial charge in [-0.25, -0.2) is 4.98 Å². The Kier molecular flexibility index (Phi) is 4.33. The molecule has 1 aromatic rings. The minimum absolute atomic E-state index is 0.131. The van der Waals surface area contributed by atoms with Crippen LogP contribution in [0.3, 0.4) is 0 Å². The molecule has 0 aromatic carbocycles. The van der Waals surface area contributed by atoms with E-state index in [9.17, 15) is 27.6 Å². The summed E-state index contributed by atoms with van der Waals surface area (Å²) in [5.41, 5.74) is -1.05. The number of hydrazine groups is 1. The minimum Gasteiger partial charge on any atom is -0.466 e. The van der Waals surface area contributed by atoms with E-state index in [0.717, 1.165) is 10.0 Å². The molecule has 0 N–H and O–H groups in total. The number of piperidine rings is 1. The number of rotatable bonds is 4. The van der Waals surface area contributed by atoms with Gasteiger partial charge in [0, 0.05) is 13.2 Å². The first-order valence-corrected chi connectivity index (χ1v) is 7.98. The van der Waals surface area contributed by atoms with Crippen LogP contribution >= 0.6 is 11.6 Å². The van der Waals surface area contributed by atoms with Crippen molar-refractivity contribution in [3.8, 4) is 0 Å². The first-order valence-electron chi connectivity index (χ1n) is 7.60. The number of aromatic nitrogens is 1. The first-order chi connectivity index (χ1) is 12.1. The van der Waals surface area contributed by atoms with Crippen molar-refractivity contribution in [3.63, 3.8) is 0 Å². The molecule has 1 saturated heterocycles. The van der Waals surface area contributed by atoms with E-state index in [-0.39, 0.29) is 17.4 Å². The summed E-state index contributed by atoms with van der Waals surface area (Å²) in [5.74, 6) is -4.53. The van der Waals surface area contributed by atoms with Crippen molar-refractivity contribution in [2.75, 3.05) is 18.7 Å². The van der Waals surface area contributed by atoms with Gasteiger partial charge in [0.1, 0.15) is 0 Å². The maximum absolute atomic E-state index is 12.7. The third-order valence-electron chi connectivity index (χ3n) is 4.32. The number of amides is 2. The van der Waals surface area contributed by atoms with Crippen LogP contribution < -0.4 is 5.01 Å². The average Bonchev–Trinajstić information content (AvgIpc) is 3.23. The molecule has 2 aliphatic rings. The van der Waals surface area contributed by atoms with E-state index >= 15 is 0 Å². The second kappa shape index (κ2) is 6.11. The van der Waals surface area contributed by atoms with Gasteiger partial charge in [-0.3, -0.25) is 19.4 Å². The zero-order chi connectivity index (χ0) is 19.4. The monoisotopic (exact) mass is 391 g/mol. The minimum atomic E-state index is -4.62. The van der Waals surface area contributed by atoms with E-state index in [1.54, 1.807) is 6.92 Å². The Bertz CT molecular complexity index is 779. The second-order valence-corrected chi connectivity index (χ2v) is 6.28. The number of hydrogen-bond acceptors (Lipinski definition) is 6. The largest absolute Gasteiger partial charge is 0.466 e. The highest BCUT2D eigenvalue weighted by Gasteiger charge is 2.72. The van der Waals surface area contributed by atoms with E-state index in [1.165, 1.54) is 7.05 Å². The Morgan fingerprint density at radius 3 is 2.38 bits per heavy atom. The average molecular weight is 392 g/mol. The van der Waals surface area contributed by atoms with Crippen molar-refractivity contribution in [2.24, 2.45) is 17.8 Å². The maximum Gasteiger partial charge on any atom is 0.417 e. The number of anilines is 1. The molecule has 1 aliphatic heterocycles. The van der Waals surface area contributed by atoms with Crippen LogP contribution in [0.25, 0.3) is 0 Å². The van der Waals surface area contributed by atoms with Crippen molar-refractivity contribution in [1.29, 1.82) is 0 Å². The highest BCUT2D eigenvalue weighted by atomic mass is 35.5. The summed E-state index contributed by atoms with van der Waals surface area (Å²) in [6.45, 7) is 1.74. The number of carbonyl (C=O) groups excluding carboxylic acids is 3. The molecule has 26 heavy (non-hydrogen) atoms. The molecule has 1 aromatic heterocycles. The Morgan fingerprint density at radius 2 is 1.92 bits per heavy atom. The van der Waals surface area contributed by atoms with Gasteiger partial charge < -0.3 is 4.74 Å². The fourth-order valence-corrected chi connectivity index (χ4v) is 3.35. The molecule has 2 heterocycles. The van der Waals surface area contributed by atoms with E-state index in [1.807, 2.05) is 0 Å². The van der Waals surface area contributed by atoms with Gasteiger partial charge in [0.05, 0.1) is 34.9 Å². The fourth-order valence-electron chi connectivity index (χ4n) is 3.06. The summed E-state index contributed by atoms with van der Waals surface area (Å²) in [6, 6.07) is 0.660. The number of esters is 1. The number of pyridine rings is 1. The number of hydrogen-bond donors (Lipinski definition) is 0. The van der Waals surface area contributed by atoms with Gasteiger partial charge in [0.15, 0.2) is 5.82 Å². The Labute approximate surface area is 150 Å².